The largest absolute Gasteiger partial charge is 0.356 e. The summed E-state index contributed by atoms with van der Waals surface area (Å²) in [5.74, 6) is -0.798. The Kier molecular flexibility index (Phi) is 3.63. The molecule has 0 saturated carbocycles. The molecule has 0 spiro atoms. The van der Waals surface area contributed by atoms with Crippen molar-refractivity contribution in [2.45, 2.75) is 20.3 Å². The van der Waals surface area contributed by atoms with Gasteiger partial charge in [0.2, 0.25) is 5.91 Å². The molecule has 0 aliphatic rings. The lowest BCUT2D eigenvalue weighted by Crippen LogP contribution is -2.15. The number of para-hydroxylation sites is 1. The molecule has 22 heavy (non-hydrogen) atoms. The van der Waals surface area contributed by atoms with Gasteiger partial charge in [0.05, 0.1) is 12.1 Å². The van der Waals surface area contributed by atoms with Crippen LogP contribution in [0.3, 0.4) is 0 Å². The molecule has 0 fully saturated rings. The molecule has 0 aliphatic carbocycles. The summed E-state index contributed by atoms with van der Waals surface area (Å²) in [7, 11) is 0. The zero-order valence-corrected chi connectivity index (χ0v) is 12.3. The number of fused-ring (bicyclic) bond motifs is 1. The molecule has 5 heteroatoms. The van der Waals surface area contributed by atoms with Gasteiger partial charge in [0.25, 0.3) is 0 Å². The van der Waals surface area contributed by atoms with Gasteiger partial charge < -0.3 is 9.84 Å². The van der Waals surface area contributed by atoms with Crippen molar-refractivity contribution < 1.29 is 13.7 Å². The smallest absolute Gasteiger partial charge is 0.230 e. The summed E-state index contributed by atoms with van der Waals surface area (Å²) in [6.07, 6.45) is 0.0330. The first-order valence-corrected chi connectivity index (χ1v) is 6.94. The van der Waals surface area contributed by atoms with Gasteiger partial charge in [0.1, 0.15) is 11.5 Å². The molecule has 4 nitrogen and oxygen atoms in total. The number of nitrogens with one attached hydrogen (secondary N) is 1. The summed E-state index contributed by atoms with van der Waals surface area (Å²) >= 11 is 0. The zero-order chi connectivity index (χ0) is 15.7. The van der Waals surface area contributed by atoms with Crippen molar-refractivity contribution in [1.82, 2.24) is 5.16 Å². The standard InChI is InChI=1S/C17H15FN2O2/c1-10-7-11(2)17-14(20-22-15(17)8-10)9-16(21)19-13-6-4-3-5-12(13)18/h3-8H,9H2,1-2H3,(H,19,21). The quantitative estimate of drug-likeness (QED) is 0.801. The van der Waals surface area contributed by atoms with Gasteiger partial charge in [0, 0.05) is 5.39 Å². The van der Waals surface area contributed by atoms with Gasteiger partial charge in [-0.15, -0.1) is 0 Å². The third-order valence-corrected chi connectivity index (χ3v) is 3.46. The molecule has 1 N–H and O–H groups in total. The maximum absolute atomic E-state index is 13.5. The topological polar surface area (TPSA) is 55.1 Å². The Morgan fingerprint density at radius 3 is 2.82 bits per heavy atom. The number of carbonyl (C=O) groups is 1. The molecular weight excluding hydrogens is 283 g/mol. The summed E-state index contributed by atoms with van der Waals surface area (Å²) in [5, 5.41) is 7.36. The second kappa shape index (κ2) is 5.60. The number of nitrogens with zero attached hydrogens (tertiary/aromatic N) is 1. The van der Waals surface area contributed by atoms with Crippen LogP contribution in [0.1, 0.15) is 16.8 Å². The fourth-order valence-electron chi connectivity index (χ4n) is 2.55. The van der Waals surface area contributed by atoms with E-state index in [1.807, 2.05) is 26.0 Å². The van der Waals surface area contributed by atoms with Crippen LogP contribution in [0.2, 0.25) is 0 Å². The molecule has 0 bridgehead atoms. The molecule has 112 valence electrons. The highest BCUT2D eigenvalue weighted by atomic mass is 19.1. The van der Waals surface area contributed by atoms with E-state index < -0.39 is 5.82 Å². The molecule has 2 aromatic carbocycles. The van der Waals surface area contributed by atoms with E-state index in [2.05, 4.69) is 10.5 Å². The number of aromatic nitrogens is 1. The van der Waals surface area contributed by atoms with E-state index >= 15 is 0 Å². The van der Waals surface area contributed by atoms with Crippen LogP contribution in [0.25, 0.3) is 11.0 Å². The predicted molar refractivity (Wildman–Crippen MR) is 82.2 cm³/mol. The van der Waals surface area contributed by atoms with Crippen LogP contribution in [0.4, 0.5) is 10.1 Å². The van der Waals surface area contributed by atoms with Gasteiger partial charge >= 0.3 is 0 Å². The van der Waals surface area contributed by atoms with Crippen molar-refractivity contribution >= 4 is 22.6 Å². The van der Waals surface area contributed by atoms with Gasteiger partial charge in [-0.25, -0.2) is 4.39 Å². The molecule has 1 heterocycles. The van der Waals surface area contributed by atoms with E-state index in [1.54, 1.807) is 12.1 Å². The highest BCUT2D eigenvalue weighted by molar-refractivity contribution is 5.95. The second-order valence-corrected chi connectivity index (χ2v) is 5.29. The lowest BCUT2D eigenvalue weighted by molar-refractivity contribution is -0.115. The average molecular weight is 298 g/mol. The van der Waals surface area contributed by atoms with Crippen molar-refractivity contribution in [2.75, 3.05) is 5.32 Å². The van der Waals surface area contributed by atoms with E-state index in [9.17, 15) is 9.18 Å². The van der Waals surface area contributed by atoms with E-state index in [4.69, 9.17) is 4.52 Å². The van der Waals surface area contributed by atoms with Gasteiger partial charge in [0.15, 0.2) is 5.58 Å². The molecule has 0 unspecified atom stereocenters. The Morgan fingerprint density at radius 2 is 2.05 bits per heavy atom. The number of benzene rings is 2. The Hall–Kier alpha value is -2.69. The van der Waals surface area contributed by atoms with Crippen molar-refractivity contribution in [2.24, 2.45) is 0 Å². The third kappa shape index (κ3) is 2.70. The van der Waals surface area contributed by atoms with E-state index in [1.165, 1.54) is 12.1 Å². The van der Waals surface area contributed by atoms with Crippen molar-refractivity contribution in [1.29, 1.82) is 0 Å². The SMILES string of the molecule is Cc1cc(C)c2c(CC(=O)Nc3ccccc3F)noc2c1. The first-order valence-electron chi connectivity index (χ1n) is 6.94. The second-order valence-electron chi connectivity index (χ2n) is 5.29. The minimum absolute atomic E-state index is 0.0330. The van der Waals surface area contributed by atoms with Gasteiger partial charge in [-0.3, -0.25) is 4.79 Å². The lowest BCUT2D eigenvalue weighted by Gasteiger charge is -2.05. The van der Waals surface area contributed by atoms with Crippen LogP contribution in [-0.4, -0.2) is 11.1 Å². The van der Waals surface area contributed by atoms with Gasteiger partial charge in [-0.1, -0.05) is 23.4 Å². The molecule has 1 amide bonds. The minimum atomic E-state index is -0.465. The molecule has 1 aromatic heterocycles. The average Bonchev–Trinajstić information content (AvgIpc) is 2.84. The normalized spacial score (nSPS) is 10.9. The molecule has 0 radical (unpaired) electrons. The number of anilines is 1. The van der Waals surface area contributed by atoms with Crippen molar-refractivity contribution in [3.05, 3.63) is 59.0 Å². The fourth-order valence-corrected chi connectivity index (χ4v) is 2.55. The molecule has 0 aliphatic heterocycles. The molecule has 3 rings (SSSR count). The highest BCUT2D eigenvalue weighted by Gasteiger charge is 2.15. The monoisotopic (exact) mass is 298 g/mol. The summed E-state index contributed by atoms with van der Waals surface area (Å²) in [6, 6.07) is 9.95. The number of rotatable bonds is 3. The van der Waals surface area contributed by atoms with E-state index in [0.717, 1.165) is 16.5 Å². The molecule has 0 saturated heterocycles. The van der Waals surface area contributed by atoms with Crippen LogP contribution in [-0.2, 0) is 11.2 Å². The highest BCUT2D eigenvalue weighted by Crippen LogP contribution is 2.24. The molecule has 0 atom stereocenters. The zero-order valence-electron chi connectivity index (χ0n) is 12.3. The summed E-state index contributed by atoms with van der Waals surface area (Å²) in [6.45, 7) is 3.92. The minimum Gasteiger partial charge on any atom is -0.356 e. The number of carbonyl (C=O) groups excluding carboxylic acids is 1. The van der Waals surface area contributed by atoms with Crippen molar-refractivity contribution in [3.8, 4) is 0 Å². The first-order chi connectivity index (χ1) is 10.5. The third-order valence-electron chi connectivity index (χ3n) is 3.46. The Labute approximate surface area is 126 Å². The van der Waals surface area contributed by atoms with Crippen LogP contribution < -0.4 is 5.32 Å². The Balaban J connectivity index is 1.84. The number of hydrogen-bond donors (Lipinski definition) is 1. The predicted octanol–water partition coefficient (Wildman–Crippen LogP) is 3.76. The fraction of sp³-hybridized carbons (Fsp3) is 0.176. The molecular formula is C17H15FN2O2. The maximum atomic E-state index is 13.5. The molecule has 3 aromatic rings. The summed E-state index contributed by atoms with van der Waals surface area (Å²) in [4.78, 5) is 12.1. The number of aryl methyl sites for hydroxylation is 2. The van der Waals surface area contributed by atoms with Crippen LogP contribution in [0.15, 0.2) is 40.9 Å². The maximum Gasteiger partial charge on any atom is 0.230 e. The summed E-state index contributed by atoms with van der Waals surface area (Å²) < 4.78 is 18.8. The first kappa shape index (κ1) is 14.3. The van der Waals surface area contributed by atoms with E-state index in [-0.39, 0.29) is 18.0 Å². The Bertz CT molecular complexity index is 855. The Morgan fingerprint density at radius 1 is 1.27 bits per heavy atom. The summed E-state index contributed by atoms with van der Waals surface area (Å²) in [5.41, 5.74) is 3.45. The number of halogens is 1. The lowest BCUT2D eigenvalue weighted by atomic mass is 10.0. The van der Waals surface area contributed by atoms with Crippen LogP contribution >= 0.6 is 0 Å². The van der Waals surface area contributed by atoms with Crippen LogP contribution in [0.5, 0.6) is 0 Å². The van der Waals surface area contributed by atoms with Crippen LogP contribution in [0, 0.1) is 19.7 Å². The van der Waals surface area contributed by atoms with Gasteiger partial charge in [-0.2, -0.15) is 0 Å². The van der Waals surface area contributed by atoms with E-state index in [0.29, 0.717) is 11.3 Å². The number of amides is 1. The van der Waals surface area contributed by atoms with Gasteiger partial charge in [-0.05, 0) is 43.2 Å². The van der Waals surface area contributed by atoms with Crippen molar-refractivity contribution in [3.63, 3.8) is 0 Å². The number of hydrogen-bond acceptors (Lipinski definition) is 3.